The van der Waals surface area contributed by atoms with Crippen LogP contribution in [-0.2, 0) is 13.1 Å². The number of hydrogen-bond donors (Lipinski definition) is 1. The fourth-order valence-electron chi connectivity index (χ4n) is 4.14. The van der Waals surface area contributed by atoms with E-state index in [2.05, 4.69) is 51.6 Å². The van der Waals surface area contributed by atoms with Gasteiger partial charge in [0.2, 0.25) is 0 Å². The van der Waals surface area contributed by atoms with E-state index in [0.29, 0.717) is 5.92 Å². The molecule has 1 aliphatic heterocycles. The third kappa shape index (κ3) is 4.33. The summed E-state index contributed by atoms with van der Waals surface area (Å²) in [5.41, 5.74) is 4.47. The number of piperidine rings is 1. The van der Waals surface area contributed by atoms with E-state index in [0.717, 1.165) is 49.8 Å². The van der Waals surface area contributed by atoms with Gasteiger partial charge in [0.15, 0.2) is 11.5 Å². The molecule has 4 heterocycles. The standard InChI is InChI=1S/C24H26N6/c1-2-6-19(7-3-1)15-26-22-10-11-23-27-24(28-30(23)18-22)21-9-5-13-29(17-21)16-20-8-4-12-25-14-20/h1-4,6-8,10-12,14,18,21,26H,5,9,13,15-17H2/t21-/m0/s1. The topological polar surface area (TPSA) is 58.4 Å². The molecule has 1 aliphatic rings. The Bertz CT molecular complexity index is 1090. The van der Waals surface area contributed by atoms with Crippen molar-refractivity contribution in [1.29, 1.82) is 0 Å². The SMILES string of the molecule is c1ccc(CNc2ccc3nc([C@H]4CCCN(Cc5cccnc5)C4)nn3c2)cc1. The third-order valence-corrected chi connectivity index (χ3v) is 5.69. The number of fused-ring (bicyclic) bond motifs is 1. The number of hydrogen-bond acceptors (Lipinski definition) is 5. The van der Waals surface area contributed by atoms with Crippen molar-refractivity contribution in [1.82, 2.24) is 24.5 Å². The number of likely N-dealkylation sites (tertiary alicyclic amines) is 1. The van der Waals surface area contributed by atoms with Crippen LogP contribution in [0.5, 0.6) is 0 Å². The number of aromatic nitrogens is 4. The molecule has 1 aromatic carbocycles. The molecule has 152 valence electrons. The van der Waals surface area contributed by atoms with Gasteiger partial charge in [-0.05, 0) is 48.7 Å². The van der Waals surface area contributed by atoms with Gasteiger partial charge in [0.1, 0.15) is 0 Å². The van der Waals surface area contributed by atoms with Crippen molar-refractivity contribution in [3.8, 4) is 0 Å². The fraction of sp³-hybridized carbons (Fsp3) is 0.292. The van der Waals surface area contributed by atoms with Gasteiger partial charge in [-0.1, -0.05) is 36.4 Å². The highest BCUT2D eigenvalue weighted by Gasteiger charge is 2.24. The first-order chi connectivity index (χ1) is 14.8. The molecule has 5 rings (SSSR count). The Labute approximate surface area is 176 Å². The van der Waals surface area contributed by atoms with Crippen LogP contribution in [0, 0.1) is 0 Å². The molecule has 1 saturated heterocycles. The highest BCUT2D eigenvalue weighted by Crippen LogP contribution is 2.26. The van der Waals surface area contributed by atoms with Crippen molar-refractivity contribution in [3.05, 3.63) is 90.1 Å². The zero-order valence-electron chi connectivity index (χ0n) is 17.0. The summed E-state index contributed by atoms with van der Waals surface area (Å²) in [5.74, 6) is 1.32. The van der Waals surface area contributed by atoms with E-state index in [1.165, 1.54) is 17.5 Å². The number of nitrogens with one attached hydrogen (secondary N) is 1. The van der Waals surface area contributed by atoms with Crippen LogP contribution in [-0.4, -0.2) is 37.6 Å². The molecule has 0 aliphatic carbocycles. The molecule has 6 nitrogen and oxygen atoms in total. The Balaban J connectivity index is 1.27. The number of anilines is 1. The number of nitrogens with zero attached hydrogens (tertiary/aromatic N) is 5. The maximum atomic E-state index is 4.82. The van der Waals surface area contributed by atoms with Gasteiger partial charge in [0.05, 0.1) is 11.9 Å². The molecule has 0 saturated carbocycles. The second kappa shape index (κ2) is 8.63. The summed E-state index contributed by atoms with van der Waals surface area (Å²) in [6.07, 6.45) is 8.12. The first kappa shape index (κ1) is 18.8. The molecule has 4 aromatic rings. The van der Waals surface area contributed by atoms with Gasteiger partial charge >= 0.3 is 0 Å². The van der Waals surface area contributed by atoms with E-state index in [9.17, 15) is 0 Å². The van der Waals surface area contributed by atoms with Gasteiger partial charge in [0, 0.05) is 37.9 Å². The second-order valence-corrected chi connectivity index (χ2v) is 7.97. The molecule has 3 aromatic heterocycles. The van der Waals surface area contributed by atoms with Crippen molar-refractivity contribution in [3.63, 3.8) is 0 Å². The van der Waals surface area contributed by atoms with Crippen LogP contribution < -0.4 is 5.32 Å². The van der Waals surface area contributed by atoms with Crippen LogP contribution in [0.15, 0.2) is 73.2 Å². The van der Waals surface area contributed by atoms with Crippen LogP contribution >= 0.6 is 0 Å². The van der Waals surface area contributed by atoms with Crippen molar-refractivity contribution >= 4 is 11.3 Å². The van der Waals surface area contributed by atoms with Gasteiger partial charge in [-0.3, -0.25) is 9.88 Å². The summed E-state index contributed by atoms with van der Waals surface area (Å²) in [6, 6.07) is 18.7. The summed E-state index contributed by atoms with van der Waals surface area (Å²) >= 11 is 0. The predicted octanol–water partition coefficient (Wildman–Crippen LogP) is 4.12. The highest BCUT2D eigenvalue weighted by molar-refractivity contribution is 5.49. The molecule has 0 unspecified atom stereocenters. The largest absolute Gasteiger partial charge is 0.380 e. The zero-order valence-corrected chi connectivity index (χ0v) is 17.0. The minimum absolute atomic E-state index is 0.371. The lowest BCUT2D eigenvalue weighted by Gasteiger charge is -2.31. The minimum atomic E-state index is 0.371. The Morgan fingerprint density at radius 3 is 2.77 bits per heavy atom. The lowest BCUT2D eigenvalue weighted by atomic mass is 9.97. The summed E-state index contributed by atoms with van der Waals surface area (Å²) in [7, 11) is 0. The first-order valence-electron chi connectivity index (χ1n) is 10.6. The van der Waals surface area contributed by atoms with Gasteiger partial charge in [-0.2, -0.15) is 5.10 Å². The molecule has 0 amide bonds. The Morgan fingerprint density at radius 1 is 1.00 bits per heavy atom. The van der Waals surface area contributed by atoms with Crippen molar-refractivity contribution in [2.24, 2.45) is 0 Å². The van der Waals surface area contributed by atoms with Crippen LogP contribution in [0.1, 0.15) is 35.7 Å². The molecule has 1 atom stereocenters. The van der Waals surface area contributed by atoms with Crippen molar-refractivity contribution < 1.29 is 0 Å². The molecule has 1 fully saturated rings. The fourth-order valence-corrected chi connectivity index (χ4v) is 4.14. The second-order valence-electron chi connectivity index (χ2n) is 7.97. The van der Waals surface area contributed by atoms with Gasteiger partial charge in [0.25, 0.3) is 0 Å². The van der Waals surface area contributed by atoms with E-state index in [1.54, 1.807) is 0 Å². The van der Waals surface area contributed by atoms with E-state index in [4.69, 9.17) is 10.1 Å². The quantitative estimate of drug-likeness (QED) is 0.530. The highest BCUT2D eigenvalue weighted by atomic mass is 15.3. The van der Waals surface area contributed by atoms with Crippen LogP contribution in [0.25, 0.3) is 5.65 Å². The van der Waals surface area contributed by atoms with E-state index in [1.807, 2.05) is 41.3 Å². The molecule has 0 bridgehead atoms. The minimum Gasteiger partial charge on any atom is -0.380 e. The van der Waals surface area contributed by atoms with Crippen LogP contribution in [0.3, 0.4) is 0 Å². The van der Waals surface area contributed by atoms with E-state index >= 15 is 0 Å². The number of benzene rings is 1. The molecule has 30 heavy (non-hydrogen) atoms. The molecule has 0 radical (unpaired) electrons. The number of pyridine rings is 2. The molecular formula is C24H26N6. The normalized spacial score (nSPS) is 17.3. The molecule has 6 heteroatoms. The Kier molecular flexibility index (Phi) is 5.40. The van der Waals surface area contributed by atoms with Crippen LogP contribution in [0.2, 0.25) is 0 Å². The molecule has 0 spiro atoms. The summed E-state index contributed by atoms with van der Waals surface area (Å²) in [6.45, 7) is 3.84. The van der Waals surface area contributed by atoms with Gasteiger partial charge in [-0.25, -0.2) is 9.50 Å². The maximum Gasteiger partial charge on any atom is 0.156 e. The van der Waals surface area contributed by atoms with Gasteiger partial charge < -0.3 is 5.32 Å². The number of rotatable bonds is 6. The third-order valence-electron chi connectivity index (χ3n) is 5.69. The van der Waals surface area contributed by atoms with Crippen LogP contribution in [0.4, 0.5) is 5.69 Å². The predicted molar refractivity (Wildman–Crippen MR) is 118 cm³/mol. The zero-order chi connectivity index (χ0) is 20.2. The smallest absolute Gasteiger partial charge is 0.156 e. The molecular weight excluding hydrogens is 372 g/mol. The average Bonchev–Trinajstić information content (AvgIpc) is 3.23. The lowest BCUT2D eigenvalue weighted by molar-refractivity contribution is 0.196. The molecule has 1 N–H and O–H groups in total. The Hall–Kier alpha value is -3.25. The summed E-state index contributed by atoms with van der Waals surface area (Å²) in [5, 5.41) is 8.29. The van der Waals surface area contributed by atoms with Crippen molar-refractivity contribution in [2.45, 2.75) is 31.8 Å². The monoisotopic (exact) mass is 398 g/mol. The summed E-state index contributed by atoms with van der Waals surface area (Å²) < 4.78 is 1.91. The first-order valence-corrected chi connectivity index (χ1v) is 10.6. The average molecular weight is 399 g/mol. The van der Waals surface area contributed by atoms with E-state index < -0.39 is 0 Å². The van der Waals surface area contributed by atoms with E-state index in [-0.39, 0.29) is 0 Å². The maximum absolute atomic E-state index is 4.82. The lowest BCUT2D eigenvalue weighted by Crippen LogP contribution is -2.34. The van der Waals surface area contributed by atoms with Gasteiger partial charge in [-0.15, -0.1) is 0 Å². The summed E-state index contributed by atoms with van der Waals surface area (Å²) in [4.78, 5) is 11.6. The van der Waals surface area contributed by atoms with Crippen molar-refractivity contribution in [2.75, 3.05) is 18.4 Å². The Morgan fingerprint density at radius 2 is 1.90 bits per heavy atom.